The molecule has 0 aliphatic carbocycles. The molecule has 0 saturated carbocycles. The maximum absolute atomic E-state index is 13.2. The van der Waals surface area contributed by atoms with Gasteiger partial charge < -0.3 is 10.3 Å². The van der Waals surface area contributed by atoms with Crippen molar-refractivity contribution >= 4 is 28.3 Å². The summed E-state index contributed by atoms with van der Waals surface area (Å²) >= 11 is 0. The van der Waals surface area contributed by atoms with E-state index in [-0.39, 0.29) is 5.56 Å². The maximum atomic E-state index is 13.2. The number of fused-ring (bicyclic) bond motifs is 1. The van der Waals surface area contributed by atoms with E-state index in [1.54, 1.807) is 12.1 Å². The van der Waals surface area contributed by atoms with E-state index >= 15 is 0 Å². The van der Waals surface area contributed by atoms with Crippen LogP contribution >= 0.6 is 0 Å². The van der Waals surface area contributed by atoms with Crippen molar-refractivity contribution in [3.63, 3.8) is 0 Å². The number of Topliss-reactive ketones (excluding diaryl/α,β-unsaturated/α-hetero) is 1. The van der Waals surface area contributed by atoms with Gasteiger partial charge in [-0.05, 0) is 41.8 Å². The number of nitrogens with one attached hydrogen (secondary N) is 2. The van der Waals surface area contributed by atoms with Gasteiger partial charge in [0.05, 0.1) is 5.56 Å². The van der Waals surface area contributed by atoms with E-state index in [4.69, 9.17) is 0 Å². The molecule has 5 heteroatoms. The predicted octanol–water partition coefficient (Wildman–Crippen LogP) is 4.25. The van der Waals surface area contributed by atoms with Crippen molar-refractivity contribution in [1.82, 2.24) is 4.98 Å². The van der Waals surface area contributed by atoms with Crippen LogP contribution in [0, 0.1) is 5.82 Å². The summed E-state index contributed by atoms with van der Waals surface area (Å²) in [6.07, 6.45) is 1.42. The van der Waals surface area contributed by atoms with Gasteiger partial charge in [-0.2, -0.15) is 0 Å². The van der Waals surface area contributed by atoms with Gasteiger partial charge in [0.1, 0.15) is 5.82 Å². The summed E-state index contributed by atoms with van der Waals surface area (Å²) in [5.74, 6) is -1.40. The molecule has 0 radical (unpaired) electrons. The summed E-state index contributed by atoms with van der Waals surface area (Å²) in [4.78, 5) is 27.4. The summed E-state index contributed by atoms with van der Waals surface area (Å²) < 4.78 is 13.2. The third kappa shape index (κ3) is 3.06. The van der Waals surface area contributed by atoms with Gasteiger partial charge in [0.25, 0.3) is 11.7 Å². The SMILES string of the molecule is CC(C)c1ccc(NC(=O)C(=O)c2c[nH]c3cc(F)ccc23)cc1. The molecule has 0 bridgehead atoms. The second-order valence-corrected chi connectivity index (χ2v) is 5.95. The minimum absolute atomic E-state index is 0.223. The number of amides is 1. The highest BCUT2D eigenvalue weighted by Crippen LogP contribution is 2.21. The lowest BCUT2D eigenvalue weighted by Crippen LogP contribution is -2.22. The summed E-state index contributed by atoms with van der Waals surface area (Å²) in [6, 6.07) is 11.4. The van der Waals surface area contributed by atoms with E-state index in [0.717, 1.165) is 5.56 Å². The maximum Gasteiger partial charge on any atom is 0.296 e. The van der Waals surface area contributed by atoms with Crippen LogP contribution in [0.4, 0.5) is 10.1 Å². The Kier molecular flexibility index (Phi) is 4.16. The molecule has 1 amide bonds. The molecule has 0 fully saturated rings. The first-order valence-electron chi connectivity index (χ1n) is 7.68. The van der Waals surface area contributed by atoms with Crippen molar-refractivity contribution in [2.24, 2.45) is 0 Å². The molecule has 1 aromatic heterocycles. The van der Waals surface area contributed by atoms with Crippen molar-refractivity contribution in [3.8, 4) is 0 Å². The number of aromatic amines is 1. The zero-order chi connectivity index (χ0) is 17.3. The number of ketones is 1. The summed E-state index contributed by atoms with van der Waals surface area (Å²) in [5.41, 5.74) is 2.41. The van der Waals surface area contributed by atoms with Crippen molar-refractivity contribution in [3.05, 3.63) is 65.6 Å². The minimum Gasteiger partial charge on any atom is -0.360 e. The molecular weight excluding hydrogens is 307 g/mol. The lowest BCUT2D eigenvalue weighted by Gasteiger charge is -2.08. The minimum atomic E-state index is -0.725. The first-order valence-corrected chi connectivity index (χ1v) is 7.68. The first kappa shape index (κ1) is 15.9. The Labute approximate surface area is 138 Å². The number of hydrogen-bond donors (Lipinski definition) is 2. The third-order valence-corrected chi connectivity index (χ3v) is 3.93. The standard InChI is InChI=1S/C19H17FN2O2/c1-11(2)12-3-6-14(7-4-12)22-19(24)18(23)16-10-21-17-9-13(20)5-8-15(16)17/h3-11,21H,1-2H3,(H,22,24). The molecule has 0 unspecified atom stereocenters. The highest BCUT2D eigenvalue weighted by Gasteiger charge is 2.20. The van der Waals surface area contributed by atoms with E-state index in [1.807, 2.05) is 12.1 Å². The lowest BCUT2D eigenvalue weighted by atomic mass is 10.0. The number of anilines is 1. The van der Waals surface area contributed by atoms with Crippen LogP contribution in [0.2, 0.25) is 0 Å². The van der Waals surface area contributed by atoms with E-state index in [9.17, 15) is 14.0 Å². The number of H-pyrrole nitrogens is 1. The molecule has 3 aromatic rings. The summed E-state index contributed by atoms with van der Waals surface area (Å²) in [7, 11) is 0. The van der Waals surface area contributed by atoms with Crippen molar-refractivity contribution in [1.29, 1.82) is 0 Å². The first-order chi connectivity index (χ1) is 11.5. The molecule has 0 spiro atoms. The lowest BCUT2D eigenvalue weighted by molar-refractivity contribution is -0.112. The predicted molar refractivity (Wildman–Crippen MR) is 91.7 cm³/mol. The number of carbonyl (C=O) groups is 2. The highest BCUT2D eigenvalue weighted by molar-refractivity contribution is 6.48. The third-order valence-electron chi connectivity index (χ3n) is 3.93. The highest BCUT2D eigenvalue weighted by atomic mass is 19.1. The normalized spacial score (nSPS) is 11.0. The van der Waals surface area contributed by atoms with Crippen LogP contribution in [0.1, 0.15) is 35.7 Å². The fraction of sp³-hybridized carbons (Fsp3) is 0.158. The van der Waals surface area contributed by atoms with Gasteiger partial charge in [0.15, 0.2) is 0 Å². The van der Waals surface area contributed by atoms with Crippen LogP contribution in [0.3, 0.4) is 0 Å². The second kappa shape index (κ2) is 6.28. The molecule has 2 N–H and O–H groups in total. The fourth-order valence-corrected chi connectivity index (χ4v) is 2.55. The smallest absolute Gasteiger partial charge is 0.296 e. The number of halogens is 1. The van der Waals surface area contributed by atoms with E-state index in [1.165, 1.54) is 24.4 Å². The Morgan fingerprint density at radius 2 is 1.79 bits per heavy atom. The van der Waals surface area contributed by atoms with Crippen LogP contribution in [-0.4, -0.2) is 16.7 Å². The molecule has 0 saturated heterocycles. The number of rotatable bonds is 4. The van der Waals surface area contributed by atoms with Gasteiger partial charge in [-0.15, -0.1) is 0 Å². The van der Waals surface area contributed by atoms with E-state index in [2.05, 4.69) is 24.1 Å². The molecule has 24 heavy (non-hydrogen) atoms. The topological polar surface area (TPSA) is 62.0 Å². The van der Waals surface area contributed by atoms with Gasteiger partial charge in [0.2, 0.25) is 0 Å². The molecule has 2 aromatic carbocycles. The molecule has 122 valence electrons. The van der Waals surface area contributed by atoms with E-state index < -0.39 is 17.5 Å². The van der Waals surface area contributed by atoms with E-state index in [0.29, 0.717) is 22.5 Å². The van der Waals surface area contributed by atoms with Gasteiger partial charge in [-0.25, -0.2) is 4.39 Å². The Morgan fingerprint density at radius 3 is 2.46 bits per heavy atom. The largest absolute Gasteiger partial charge is 0.360 e. The molecule has 3 rings (SSSR count). The molecule has 4 nitrogen and oxygen atoms in total. The number of benzene rings is 2. The Balaban J connectivity index is 1.80. The molecule has 0 aliphatic heterocycles. The van der Waals surface area contributed by atoms with Crippen LogP contribution in [0.25, 0.3) is 10.9 Å². The molecule has 0 atom stereocenters. The quantitative estimate of drug-likeness (QED) is 0.556. The monoisotopic (exact) mass is 324 g/mol. The average Bonchev–Trinajstić information content (AvgIpc) is 2.97. The van der Waals surface area contributed by atoms with Gasteiger partial charge >= 0.3 is 0 Å². The van der Waals surface area contributed by atoms with Crippen molar-refractivity contribution in [2.75, 3.05) is 5.32 Å². The van der Waals surface area contributed by atoms with Gasteiger partial charge in [-0.1, -0.05) is 26.0 Å². The second-order valence-electron chi connectivity index (χ2n) is 5.95. The van der Waals surface area contributed by atoms with Crippen LogP contribution in [0.15, 0.2) is 48.7 Å². The number of aromatic nitrogens is 1. The van der Waals surface area contributed by atoms with Gasteiger partial charge in [0, 0.05) is 22.8 Å². The number of hydrogen-bond acceptors (Lipinski definition) is 2. The summed E-state index contributed by atoms with van der Waals surface area (Å²) in [5, 5.41) is 3.12. The Hall–Kier alpha value is -2.95. The average molecular weight is 324 g/mol. The molecule has 0 aliphatic rings. The van der Waals surface area contributed by atoms with Crippen molar-refractivity contribution < 1.29 is 14.0 Å². The van der Waals surface area contributed by atoms with Crippen LogP contribution in [-0.2, 0) is 4.79 Å². The Morgan fingerprint density at radius 1 is 1.08 bits per heavy atom. The zero-order valence-corrected chi connectivity index (χ0v) is 13.4. The summed E-state index contributed by atoms with van der Waals surface area (Å²) in [6.45, 7) is 4.16. The van der Waals surface area contributed by atoms with Crippen LogP contribution in [0.5, 0.6) is 0 Å². The molecule has 1 heterocycles. The fourth-order valence-electron chi connectivity index (χ4n) is 2.55. The number of carbonyl (C=O) groups excluding carboxylic acids is 2. The Bertz CT molecular complexity index is 911. The molecular formula is C19H17FN2O2. The van der Waals surface area contributed by atoms with Gasteiger partial charge in [-0.3, -0.25) is 9.59 Å². The zero-order valence-electron chi connectivity index (χ0n) is 13.4. The van der Waals surface area contributed by atoms with Crippen LogP contribution < -0.4 is 5.32 Å². The van der Waals surface area contributed by atoms with Crippen molar-refractivity contribution in [2.45, 2.75) is 19.8 Å².